The van der Waals surface area contributed by atoms with Crippen LogP contribution in [0, 0.1) is 11.3 Å². The molecule has 11 heavy (non-hydrogen) atoms. The Kier molecular flexibility index (Phi) is 1.24. The smallest absolute Gasteiger partial charge is 0.160 e. The minimum absolute atomic E-state index is 0.0590. The molecule has 1 N–H and O–H groups in total. The molecular weight excluding hydrogens is 140 g/mol. The number of fused-ring (bicyclic) bond motifs is 1. The van der Waals surface area contributed by atoms with Crippen molar-refractivity contribution in [1.29, 1.82) is 0 Å². The first-order valence-electron chi connectivity index (χ1n) is 4.33. The first-order chi connectivity index (χ1) is 4.97. The topological polar surface area (TPSA) is 29.5 Å². The van der Waals surface area contributed by atoms with E-state index in [1.807, 2.05) is 0 Å². The summed E-state index contributed by atoms with van der Waals surface area (Å²) in [5.74, 6) is 0.560. The summed E-state index contributed by atoms with van der Waals surface area (Å²) in [5.41, 5.74) is -0.0457. The molecule has 2 fully saturated rings. The summed E-state index contributed by atoms with van der Waals surface area (Å²) in [6.45, 7) is 6.27. The Hall–Kier alpha value is -0.0800. The van der Waals surface area contributed by atoms with Crippen LogP contribution in [0.1, 0.15) is 33.6 Å². The second-order valence-corrected chi connectivity index (χ2v) is 4.67. The van der Waals surface area contributed by atoms with Gasteiger partial charge in [0.05, 0.1) is 5.60 Å². The largest absolute Gasteiger partial charge is 0.367 e. The van der Waals surface area contributed by atoms with Gasteiger partial charge >= 0.3 is 0 Å². The zero-order valence-electron chi connectivity index (χ0n) is 7.42. The van der Waals surface area contributed by atoms with E-state index < -0.39 is 6.29 Å². The summed E-state index contributed by atoms with van der Waals surface area (Å²) >= 11 is 0. The van der Waals surface area contributed by atoms with Crippen molar-refractivity contribution in [3.8, 4) is 0 Å². The van der Waals surface area contributed by atoms with E-state index in [2.05, 4.69) is 20.8 Å². The standard InChI is InChI=1S/C9H16O2/c1-8(2)6-4-5-9(6,3)7(10)11-8/h6-7,10H,4-5H2,1-3H3. The average molecular weight is 156 g/mol. The van der Waals surface area contributed by atoms with Gasteiger partial charge in [-0.25, -0.2) is 0 Å². The minimum atomic E-state index is -0.531. The van der Waals surface area contributed by atoms with Crippen LogP contribution in [0.2, 0.25) is 0 Å². The normalized spacial score (nSPS) is 53.5. The summed E-state index contributed by atoms with van der Waals surface area (Å²) < 4.78 is 5.49. The van der Waals surface area contributed by atoms with Crippen molar-refractivity contribution in [2.75, 3.05) is 0 Å². The average Bonchev–Trinajstić information content (AvgIpc) is 1.88. The Labute approximate surface area is 67.6 Å². The highest BCUT2D eigenvalue weighted by Crippen LogP contribution is 2.60. The van der Waals surface area contributed by atoms with E-state index in [1.54, 1.807) is 0 Å². The molecule has 0 spiro atoms. The summed E-state index contributed by atoms with van der Waals surface area (Å²) in [6, 6.07) is 0. The molecule has 1 saturated carbocycles. The van der Waals surface area contributed by atoms with Gasteiger partial charge in [-0.05, 0) is 32.6 Å². The van der Waals surface area contributed by atoms with Gasteiger partial charge in [0.2, 0.25) is 0 Å². The minimum Gasteiger partial charge on any atom is -0.367 e. The molecular formula is C9H16O2. The second kappa shape index (κ2) is 1.80. The van der Waals surface area contributed by atoms with Crippen LogP contribution in [-0.4, -0.2) is 17.0 Å². The van der Waals surface area contributed by atoms with Gasteiger partial charge in [0.15, 0.2) is 6.29 Å². The van der Waals surface area contributed by atoms with E-state index in [1.165, 1.54) is 6.42 Å². The lowest BCUT2D eigenvalue weighted by Gasteiger charge is -2.45. The first kappa shape index (κ1) is 7.56. The highest BCUT2D eigenvalue weighted by molar-refractivity contribution is 5.06. The molecule has 1 aliphatic heterocycles. The Morgan fingerprint density at radius 1 is 1.36 bits per heavy atom. The third kappa shape index (κ3) is 0.744. The fourth-order valence-electron chi connectivity index (χ4n) is 2.69. The van der Waals surface area contributed by atoms with E-state index in [4.69, 9.17) is 4.74 Å². The molecule has 0 aromatic heterocycles. The van der Waals surface area contributed by atoms with Crippen LogP contribution in [0.25, 0.3) is 0 Å². The number of aliphatic hydroxyl groups excluding tert-OH is 1. The maximum absolute atomic E-state index is 9.59. The summed E-state index contributed by atoms with van der Waals surface area (Å²) in [5, 5.41) is 9.59. The van der Waals surface area contributed by atoms with Gasteiger partial charge in [-0.15, -0.1) is 0 Å². The van der Waals surface area contributed by atoms with Crippen LogP contribution in [0.15, 0.2) is 0 Å². The fraction of sp³-hybridized carbons (Fsp3) is 1.00. The third-order valence-corrected chi connectivity index (χ3v) is 3.59. The Morgan fingerprint density at radius 3 is 2.18 bits per heavy atom. The highest BCUT2D eigenvalue weighted by atomic mass is 16.6. The van der Waals surface area contributed by atoms with Gasteiger partial charge in [0.1, 0.15) is 0 Å². The number of ether oxygens (including phenoxy) is 1. The molecule has 1 saturated heterocycles. The Bertz CT molecular complexity index is 188. The highest BCUT2D eigenvalue weighted by Gasteiger charge is 2.61. The van der Waals surface area contributed by atoms with E-state index in [9.17, 15) is 5.11 Å². The van der Waals surface area contributed by atoms with Crippen molar-refractivity contribution >= 4 is 0 Å². The van der Waals surface area contributed by atoms with Crippen LogP contribution < -0.4 is 0 Å². The predicted octanol–water partition coefficient (Wildman–Crippen LogP) is 1.53. The van der Waals surface area contributed by atoms with Gasteiger partial charge < -0.3 is 9.84 Å². The van der Waals surface area contributed by atoms with E-state index in [0.717, 1.165) is 6.42 Å². The number of hydrogen-bond acceptors (Lipinski definition) is 2. The predicted molar refractivity (Wildman–Crippen MR) is 42.0 cm³/mol. The van der Waals surface area contributed by atoms with Gasteiger partial charge in [-0.1, -0.05) is 6.92 Å². The van der Waals surface area contributed by atoms with Gasteiger partial charge in [-0.2, -0.15) is 0 Å². The monoisotopic (exact) mass is 156 g/mol. The van der Waals surface area contributed by atoms with Crippen molar-refractivity contribution in [2.45, 2.75) is 45.5 Å². The number of rotatable bonds is 0. The Morgan fingerprint density at radius 2 is 2.00 bits per heavy atom. The van der Waals surface area contributed by atoms with E-state index >= 15 is 0 Å². The molecule has 1 heterocycles. The van der Waals surface area contributed by atoms with Crippen molar-refractivity contribution in [1.82, 2.24) is 0 Å². The van der Waals surface area contributed by atoms with Crippen molar-refractivity contribution in [3.63, 3.8) is 0 Å². The molecule has 0 aromatic carbocycles. The van der Waals surface area contributed by atoms with Crippen LogP contribution in [-0.2, 0) is 4.74 Å². The molecule has 1 aliphatic carbocycles. The van der Waals surface area contributed by atoms with Gasteiger partial charge in [0.25, 0.3) is 0 Å². The molecule has 2 heteroatoms. The summed E-state index contributed by atoms with van der Waals surface area (Å²) in [6.07, 6.45) is 1.79. The first-order valence-corrected chi connectivity index (χ1v) is 4.33. The SMILES string of the molecule is CC1(C)OC(O)C2(C)CCC12. The van der Waals surface area contributed by atoms with Crippen LogP contribution in [0.4, 0.5) is 0 Å². The molecule has 2 rings (SSSR count). The molecule has 0 amide bonds. The molecule has 3 atom stereocenters. The molecule has 2 aliphatic rings. The van der Waals surface area contributed by atoms with Gasteiger partial charge in [-0.3, -0.25) is 0 Å². The van der Waals surface area contributed by atoms with Crippen LogP contribution >= 0.6 is 0 Å². The zero-order chi connectivity index (χ0) is 8.28. The summed E-state index contributed by atoms with van der Waals surface area (Å²) in [7, 11) is 0. The third-order valence-electron chi connectivity index (χ3n) is 3.59. The second-order valence-electron chi connectivity index (χ2n) is 4.67. The van der Waals surface area contributed by atoms with E-state index in [-0.39, 0.29) is 11.0 Å². The van der Waals surface area contributed by atoms with E-state index in [0.29, 0.717) is 5.92 Å². The molecule has 3 unspecified atom stereocenters. The van der Waals surface area contributed by atoms with Crippen molar-refractivity contribution in [3.05, 3.63) is 0 Å². The quantitative estimate of drug-likeness (QED) is 0.576. The van der Waals surface area contributed by atoms with Crippen LogP contribution in [0.3, 0.4) is 0 Å². The zero-order valence-corrected chi connectivity index (χ0v) is 7.42. The lowest BCUT2D eigenvalue weighted by atomic mass is 9.58. The van der Waals surface area contributed by atoms with Gasteiger partial charge in [0, 0.05) is 5.41 Å². The number of hydrogen-bond donors (Lipinski definition) is 1. The maximum atomic E-state index is 9.59. The Balaban J connectivity index is 2.28. The van der Waals surface area contributed by atoms with Crippen molar-refractivity contribution < 1.29 is 9.84 Å². The number of aliphatic hydroxyl groups is 1. The molecule has 0 aromatic rings. The molecule has 64 valence electrons. The maximum Gasteiger partial charge on any atom is 0.160 e. The lowest BCUT2D eigenvalue weighted by Crippen LogP contribution is -2.45. The van der Waals surface area contributed by atoms with Crippen LogP contribution in [0.5, 0.6) is 0 Å². The molecule has 2 nitrogen and oxygen atoms in total. The summed E-state index contributed by atoms with van der Waals surface area (Å²) in [4.78, 5) is 0. The van der Waals surface area contributed by atoms with Crippen molar-refractivity contribution in [2.24, 2.45) is 11.3 Å². The fourth-order valence-corrected chi connectivity index (χ4v) is 2.69. The lowest BCUT2D eigenvalue weighted by molar-refractivity contribution is -0.154. The molecule has 0 bridgehead atoms. The molecule has 0 radical (unpaired) electrons.